The van der Waals surface area contributed by atoms with Gasteiger partial charge in [0.25, 0.3) is 11.8 Å². The smallest absolute Gasteiger partial charge is 0.251 e. The molecule has 0 radical (unpaired) electrons. The van der Waals surface area contributed by atoms with Crippen LogP contribution in [0, 0.1) is 10.8 Å². The summed E-state index contributed by atoms with van der Waals surface area (Å²) < 4.78 is 12.0. The maximum atomic E-state index is 14.6. The molecule has 0 spiro atoms. The Morgan fingerprint density at radius 1 is 0.556 bits per heavy atom. The number of likely N-dealkylation sites (tertiary alicyclic amines) is 2. The van der Waals surface area contributed by atoms with Gasteiger partial charge < -0.3 is 50.5 Å². The van der Waals surface area contributed by atoms with Crippen molar-refractivity contribution in [3.8, 4) is 22.5 Å². The van der Waals surface area contributed by atoms with Crippen LogP contribution < -0.4 is 31.9 Å². The summed E-state index contributed by atoms with van der Waals surface area (Å²) in [4.78, 5) is 96.1. The molecule has 6 amide bonds. The first-order chi connectivity index (χ1) is 34.2. The molecule has 382 valence electrons. The number of amides is 6. The van der Waals surface area contributed by atoms with Crippen molar-refractivity contribution in [1.29, 1.82) is 0 Å². The van der Waals surface area contributed by atoms with Gasteiger partial charge >= 0.3 is 0 Å². The Balaban J connectivity index is 1.07. The Morgan fingerprint density at radius 3 is 1.22 bits per heavy atom. The van der Waals surface area contributed by atoms with Crippen LogP contribution in [0.5, 0.6) is 0 Å². The van der Waals surface area contributed by atoms with Gasteiger partial charge in [0.05, 0.1) is 12.1 Å². The van der Waals surface area contributed by atoms with Crippen LogP contribution >= 0.6 is 0 Å². The maximum absolute atomic E-state index is 14.6. The second-order valence-corrected chi connectivity index (χ2v) is 20.9. The van der Waals surface area contributed by atoms with E-state index in [2.05, 4.69) is 31.9 Å². The molecule has 8 atom stereocenters. The Hall–Kier alpha value is -7.18. The Bertz CT molecular complexity index is 2530. The highest BCUT2D eigenvalue weighted by molar-refractivity contribution is 5.98. The van der Waals surface area contributed by atoms with Crippen LogP contribution in [0.1, 0.15) is 113 Å². The zero-order valence-electron chi connectivity index (χ0n) is 42.7. The quantitative estimate of drug-likeness (QED) is 0.0728. The van der Waals surface area contributed by atoms with E-state index >= 15 is 0 Å². The van der Waals surface area contributed by atoms with Gasteiger partial charge in [-0.2, -0.15) is 0 Å². The van der Waals surface area contributed by atoms with Crippen LogP contribution in [0.2, 0.25) is 0 Å². The van der Waals surface area contributed by atoms with E-state index in [1.165, 1.54) is 0 Å². The van der Waals surface area contributed by atoms with E-state index in [9.17, 15) is 28.8 Å². The molecule has 4 heterocycles. The number of hydrogen-bond acceptors (Lipinski definition) is 12. The number of nitrogens with one attached hydrogen (secondary N) is 6. The van der Waals surface area contributed by atoms with E-state index < -0.39 is 71.0 Å². The van der Waals surface area contributed by atoms with Crippen LogP contribution in [-0.4, -0.2) is 119 Å². The van der Waals surface area contributed by atoms with Gasteiger partial charge in [0.1, 0.15) is 48.1 Å². The molecule has 2 aromatic heterocycles. The van der Waals surface area contributed by atoms with Crippen LogP contribution in [0.25, 0.3) is 22.5 Å². The molecule has 0 aliphatic carbocycles. The van der Waals surface area contributed by atoms with Gasteiger partial charge in [-0.1, -0.05) is 102 Å². The van der Waals surface area contributed by atoms with E-state index in [1.54, 1.807) is 74.5 Å². The van der Waals surface area contributed by atoms with Gasteiger partial charge in [-0.25, -0.2) is 9.97 Å². The topological polar surface area (TPSA) is 233 Å². The lowest BCUT2D eigenvalue weighted by Gasteiger charge is -2.35. The molecule has 2 saturated heterocycles. The molecule has 72 heavy (non-hydrogen) atoms. The molecule has 5 aromatic rings. The minimum Gasteiger partial charge on any atom is -0.446 e. The molecule has 2 aliphatic heterocycles. The van der Waals surface area contributed by atoms with Crippen molar-refractivity contribution in [2.45, 2.75) is 117 Å². The number of likely N-dealkylation sites (N-methyl/N-ethyl adjacent to an activating group) is 2. The fourth-order valence-corrected chi connectivity index (χ4v) is 8.94. The number of carbonyl (C=O) groups is 6. The van der Waals surface area contributed by atoms with Crippen molar-refractivity contribution in [3.05, 3.63) is 120 Å². The minimum absolute atomic E-state index is 0.115. The molecule has 18 nitrogen and oxygen atoms in total. The minimum atomic E-state index is -0.909. The summed E-state index contributed by atoms with van der Waals surface area (Å²) in [6.07, 6.45) is 3.66. The van der Waals surface area contributed by atoms with Crippen molar-refractivity contribution < 1.29 is 37.6 Å². The van der Waals surface area contributed by atoms with Crippen molar-refractivity contribution in [3.63, 3.8) is 0 Å². The lowest BCUT2D eigenvalue weighted by atomic mass is 9.85. The third-order valence-electron chi connectivity index (χ3n) is 13.5. The number of oxazole rings is 2. The highest BCUT2D eigenvalue weighted by Crippen LogP contribution is 2.38. The number of nitrogens with zero attached hydrogens (tertiary/aromatic N) is 4. The highest BCUT2D eigenvalue weighted by Gasteiger charge is 2.47. The lowest BCUT2D eigenvalue weighted by molar-refractivity contribution is -0.141. The Morgan fingerprint density at radius 2 is 0.903 bits per heavy atom. The lowest BCUT2D eigenvalue weighted by Crippen LogP contribution is -2.57. The first-order valence-electron chi connectivity index (χ1n) is 24.5. The Kier molecular flexibility index (Phi) is 16.1. The van der Waals surface area contributed by atoms with Crippen molar-refractivity contribution in [2.24, 2.45) is 10.8 Å². The van der Waals surface area contributed by atoms with Crippen LogP contribution in [-0.2, 0) is 19.2 Å². The molecule has 18 heteroatoms. The zero-order chi connectivity index (χ0) is 52.1. The average molecular weight is 985 g/mol. The number of benzene rings is 3. The van der Waals surface area contributed by atoms with Gasteiger partial charge in [-0.05, 0) is 75.9 Å². The van der Waals surface area contributed by atoms with Crippen LogP contribution in [0.4, 0.5) is 0 Å². The third-order valence-corrected chi connectivity index (χ3v) is 13.5. The monoisotopic (exact) mass is 985 g/mol. The molecular weight excluding hydrogens is 917 g/mol. The molecule has 8 unspecified atom stereocenters. The standard InChI is InChI=1S/C54H68N10O8/c1-31(55-9)45(65)61-43(53(3,4)5)51(69)63-27-37(25-41(63)49-59-39(29-71-49)33-17-13-11-14-18-33)57-47(67)35-21-23-36(24-22-35)48(68)58-38-26-42(50-60-40(30-72-50)34-19-15-12-16-20-34)64(28-38)52(70)44(54(6,7)8)62-46(66)32(2)56-10/h11-24,29-32,37-38,41-44,55-56H,25-28H2,1-10H3,(H,57,67)(H,58,68)(H,61,65)(H,62,66). The van der Waals surface area contributed by atoms with Gasteiger partial charge in [0.2, 0.25) is 35.4 Å². The summed E-state index contributed by atoms with van der Waals surface area (Å²) in [6, 6.07) is 20.0. The predicted molar refractivity (Wildman–Crippen MR) is 271 cm³/mol. The van der Waals surface area contributed by atoms with Gasteiger partial charge in [0, 0.05) is 47.4 Å². The zero-order valence-corrected chi connectivity index (χ0v) is 42.7. The SMILES string of the molecule is CNC(C)C(=O)NC(C(=O)N1CC(NC(=O)c2ccc(C(=O)NC3CC(c4nc(-c5ccccc5)co4)N(C(=O)C(NC(=O)C(C)NC)C(C)(C)C)C3)cc2)CC1c1nc(-c2ccccc2)co1)C(C)(C)C. The predicted octanol–water partition coefficient (Wildman–Crippen LogP) is 5.42. The normalized spacial score (nSPS) is 19.8. The molecule has 7 rings (SSSR count). The molecule has 2 fully saturated rings. The number of hydrogen-bond donors (Lipinski definition) is 6. The average Bonchev–Trinajstić information content (AvgIpc) is 4.21. The summed E-state index contributed by atoms with van der Waals surface area (Å²) in [5.41, 5.74) is 2.09. The van der Waals surface area contributed by atoms with Crippen molar-refractivity contribution >= 4 is 35.4 Å². The van der Waals surface area contributed by atoms with Crippen molar-refractivity contribution in [2.75, 3.05) is 27.2 Å². The van der Waals surface area contributed by atoms with Gasteiger partial charge in [0.15, 0.2) is 0 Å². The molecule has 3 aromatic carbocycles. The van der Waals surface area contributed by atoms with E-state index in [1.807, 2.05) is 102 Å². The summed E-state index contributed by atoms with van der Waals surface area (Å²) in [5.74, 6) is -1.57. The summed E-state index contributed by atoms with van der Waals surface area (Å²) in [7, 11) is 3.34. The fourth-order valence-electron chi connectivity index (χ4n) is 8.94. The molecule has 2 aliphatic rings. The van der Waals surface area contributed by atoms with Gasteiger partial charge in [-0.3, -0.25) is 28.8 Å². The van der Waals surface area contributed by atoms with Crippen molar-refractivity contribution in [1.82, 2.24) is 51.7 Å². The molecule has 0 saturated carbocycles. The first kappa shape index (κ1) is 52.6. The van der Waals surface area contributed by atoms with Crippen LogP contribution in [0.15, 0.2) is 106 Å². The molecule has 6 N–H and O–H groups in total. The largest absolute Gasteiger partial charge is 0.446 e. The van der Waals surface area contributed by atoms with E-state index in [-0.39, 0.29) is 60.7 Å². The number of aromatic nitrogens is 2. The summed E-state index contributed by atoms with van der Waals surface area (Å²) in [6.45, 7) is 14.9. The second-order valence-electron chi connectivity index (χ2n) is 20.9. The fraction of sp³-hybridized carbons (Fsp3) is 0.444. The molecular formula is C54H68N10O8. The van der Waals surface area contributed by atoms with E-state index in [4.69, 9.17) is 18.8 Å². The van der Waals surface area contributed by atoms with E-state index in [0.717, 1.165) is 11.1 Å². The summed E-state index contributed by atoms with van der Waals surface area (Å²) in [5, 5.41) is 17.9. The number of carbonyl (C=O) groups excluding carboxylic acids is 6. The Labute approximate surface area is 420 Å². The highest BCUT2D eigenvalue weighted by atomic mass is 16.3. The van der Waals surface area contributed by atoms with Crippen LogP contribution in [0.3, 0.4) is 0 Å². The maximum Gasteiger partial charge on any atom is 0.251 e. The van der Waals surface area contributed by atoms with Gasteiger partial charge in [-0.15, -0.1) is 0 Å². The van der Waals surface area contributed by atoms with E-state index in [0.29, 0.717) is 23.2 Å². The molecule has 0 bridgehead atoms. The first-order valence-corrected chi connectivity index (χ1v) is 24.5. The second kappa shape index (κ2) is 22.1. The summed E-state index contributed by atoms with van der Waals surface area (Å²) >= 11 is 0. The third kappa shape index (κ3) is 12.1. The number of rotatable bonds is 16.